The summed E-state index contributed by atoms with van der Waals surface area (Å²) in [5.41, 5.74) is 7.90. The highest BCUT2D eigenvalue weighted by atomic mass is 79.9. The van der Waals surface area contributed by atoms with Crippen molar-refractivity contribution in [3.8, 4) is 0 Å². The molecule has 0 saturated carbocycles. The summed E-state index contributed by atoms with van der Waals surface area (Å²) >= 11 is 3.36. The van der Waals surface area contributed by atoms with Gasteiger partial charge in [0.25, 0.3) is 5.91 Å². The molecule has 3 N–H and O–H groups in total. The molecule has 1 amide bonds. The van der Waals surface area contributed by atoms with Crippen molar-refractivity contribution in [2.45, 2.75) is 6.54 Å². The van der Waals surface area contributed by atoms with Crippen LogP contribution < -0.4 is 11.1 Å². The van der Waals surface area contributed by atoms with Crippen molar-refractivity contribution >= 4 is 27.5 Å². The van der Waals surface area contributed by atoms with Crippen LogP contribution in [0, 0.1) is 0 Å². The molecule has 18 heavy (non-hydrogen) atoms. The van der Waals surface area contributed by atoms with Crippen LogP contribution in [0.5, 0.6) is 0 Å². The second kappa shape index (κ2) is 5.80. The molecule has 0 unspecified atom stereocenters. The van der Waals surface area contributed by atoms with E-state index in [1.807, 2.05) is 36.4 Å². The average Bonchev–Trinajstić information content (AvgIpc) is 2.39. The minimum Gasteiger partial charge on any atom is -0.326 e. The zero-order chi connectivity index (χ0) is 13.0. The van der Waals surface area contributed by atoms with E-state index in [2.05, 4.69) is 21.2 Å². The Morgan fingerprint density at radius 1 is 1.17 bits per heavy atom. The molecular formula is C14H13BrN2O. The number of anilines is 1. The van der Waals surface area contributed by atoms with Gasteiger partial charge in [-0.05, 0) is 35.9 Å². The molecular weight excluding hydrogens is 292 g/mol. The topological polar surface area (TPSA) is 55.1 Å². The normalized spacial score (nSPS) is 10.1. The fourth-order valence-electron chi connectivity index (χ4n) is 1.56. The molecule has 2 aromatic carbocycles. The van der Waals surface area contributed by atoms with Crippen molar-refractivity contribution in [2.75, 3.05) is 5.32 Å². The van der Waals surface area contributed by atoms with Gasteiger partial charge in [-0.15, -0.1) is 0 Å². The molecule has 3 nitrogen and oxygen atoms in total. The van der Waals surface area contributed by atoms with Gasteiger partial charge in [-0.25, -0.2) is 0 Å². The number of hydrogen-bond acceptors (Lipinski definition) is 2. The summed E-state index contributed by atoms with van der Waals surface area (Å²) in [5.74, 6) is -0.128. The van der Waals surface area contributed by atoms with Crippen molar-refractivity contribution in [1.82, 2.24) is 0 Å². The molecule has 0 radical (unpaired) electrons. The first kappa shape index (κ1) is 12.8. The second-order valence-electron chi connectivity index (χ2n) is 3.87. The third-order valence-corrected chi connectivity index (χ3v) is 3.03. The molecule has 0 aliphatic heterocycles. The molecule has 2 rings (SSSR count). The SMILES string of the molecule is NCc1ccc(C(=O)Nc2cccc(Br)c2)cc1. The number of benzene rings is 2. The van der Waals surface area contributed by atoms with Gasteiger partial charge in [-0.1, -0.05) is 34.1 Å². The van der Waals surface area contributed by atoms with Crippen molar-refractivity contribution < 1.29 is 4.79 Å². The Hall–Kier alpha value is -1.65. The van der Waals surface area contributed by atoms with Gasteiger partial charge < -0.3 is 11.1 Å². The van der Waals surface area contributed by atoms with E-state index in [4.69, 9.17) is 5.73 Å². The van der Waals surface area contributed by atoms with Gasteiger partial charge in [0.1, 0.15) is 0 Å². The lowest BCUT2D eigenvalue weighted by Gasteiger charge is -2.06. The maximum absolute atomic E-state index is 12.0. The Balaban J connectivity index is 2.11. The van der Waals surface area contributed by atoms with E-state index in [-0.39, 0.29) is 5.91 Å². The third-order valence-electron chi connectivity index (χ3n) is 2.53. The fourth-order valence-corrected chi connectivity index (χ4v) is 1.96. The van der Waals surface area contributed by atoms with E-state index in [0.29, 0.717) is 12.1 Å². The maximum atomic E-state index is 12.0. The van der Waals surface area contributed by atoms with Crippen molar-refractivity contribution in [1.29, 1.82) is 0 Å². The summed E-state index contributed by atoms with van der Waals surface area (Å²) in [6, 6.07) is 14.7. The quantitative estimate of drug-likeness (QED) is 0.915. The van der Waals surface area contributed by atoms with Crippen LogP contribution in [0.15, 0.2) is 53.0 Å². The van der Waals surface area contributed by atoms with Crippen molar-refractivity contribution in [2.24, 2.45) is 5.73 Å². The maximum Gasteiger partial charge on any atom is 0.255 e. The van der Waals surface area contributed by atoms with Gasteiger partial charge in [0.05, 0.1) is 0 Å². The number of amides is 1. The lowest BCUT2D eigenvalue weighted by Crippen LogP contribution is -2.11. The highest BCUT2D eigenvalue weighted by Gasteiger charge is 2.05. The van der Waals surface area contributed by atoms with Gasteiger partial charge in [0, 0.05) is 22.3 Å². The van der Waals surface area contributed by atoms with Gasteiger partial charge in [0.2, 0.25) is 0 Å². The molecule has 92 valence electrons. The Kier molecular flexibility index (Phi) is 4.12. The number of halogens is 1. The smallest absolute Gasteiger partial charge is 0.255 e. The van der Waals surface area contributed by atoms with E-state index >= 15 is 0 Å². The standard InChI is InChI=1S/C14H13BrN2O/c15-12-2-1-3-13(8-12)17-14(18)11-6-4-10(9-16)5-7-11/h1-8H,9,16H2,(H,17,18). The van der Waals surface area contributed by atoms with Gasteiger partial charge in [-0.3, -0.25) is 4.79 Å². The predicted molar refractivity (Wildman–Crippen MR) is 76.4 cm³/mol. The lowest BCUT2D eigenvalue weighted by atomic mass is 10.1. The first-order valence-electron chi connectivity index (χ1n) is 5.55. The largest absolute Gasteiger partial charge is 0.326 e. The van der Waals surface area contributed by atoms with Gasteiger partial charge in [0.15, 0.2) is 0 Å². The summed E-state index contributed by atoms with van der Waals surface area (Å²) in [6.07, 6.45) is 0. The molecule has 0 aromatic heterocycles. The minimum atomic E-state index is -0.128. The van der Waals surface area contributed by atoms with Crippen molar-refractivity contribution in [3.63, 3.8) is 0 Å². The van der Waals surface area contributed by atoms with Crippen LogP contribution in [0.3, 0.4) is 0 Å². The Morgan fingerprint density at radius 3 is 2.50 bits per heavy atom. The van der Waals surface area contributed by atoms with Crippen LogP contribution in [-0.4, -0.2) is 5.91 Å². The highest BCUT2D eigenvalue weighted by Crippen LogP contribution is 2.16. The summed E-state index contributed by atoms with van der Waals surface area (Å²) in [4.78, 5) is 12.0. The van der Waals surface area contributed by atoms with Crippen LogP contribution in [0.1, 0.15) is 15.9 Å². The Bertz CT molecular complexity index is 552. The number of carbonyl (C=O) groups is 1. The zero-order valence-corrected chi connectivity index (χ0v) is 11.3. The van der Waals surface area contributed by atoms with Crippen LogP contribution in [0.2, 0.25) is 0 Å². The molecule has 0 atom stereocenters. The molecule has 0 bridgehead atoms. The molecule has 2 aromatic rings. The summed E-state index contributed by atoms with van der Waals surface area (Å²) < 4.78 is 0.929. The number of rotatable bonds is 3. The highest BCUT2D eigenvalue weighted by molar-refractivity contribution is 9.10. The molecule has 0 aliphatic rings. The predicted octanol–water partition coefficient (Wildman–Crippen LogP) is 3.16. The Morgan fingerprint density at radius 2 is 1.89 bits per heavy atom. The third kappa shape index (κ3) is 3.18. The van der Waals surface area contributed by atoms with E-state index in [1.165, 1.54) is 0 Å². The monoisotopic (exact) mass is 304 g/mol. The van der Waals surface area contributed by atoms with Crippen molar-refractivity contribution in [3.05, 3.63) is 64.1 Å². The fraction of sp³-hybridized carbons (Fsp3) is 0.0714. The van der Waals surface area contributed by atoms with E-state index < -0.39 is 0 Å². The summed E-state index contributed by atoms with van der Waals surface area (Å²) in [6.45, 7) is 0.480. The van der Waals surface area contributed by atoms with Crippen LogP contribution in [0.4, 0.5) is 5.69 Å². The summed E-state index contributed by atoms with van der Waals surface area (Å²) in [5, 5.41) is 2.84. The lowest BCUT2D eigenvalue weighted by molar-refractivity contribution is 0.102. The van der Waals surface area contributed by atoms with E-state index in [0.717, 1.165) is 15.7 Å². The Labute approximate surface area is 114 Å². The molecule has 0 spiro atoms. The first-order valence-corrected chi connectivity index (χ1v) is 6.34. The second-order valence-corrected chi connectivity index (χ2v) is 4.78. The molecule has 0 heterocycles. The first-order chi connectivity index (χ1) is 8.69. The zero-order valence-electron chi connectivity index (χ0n) is 9.69. The van der Waals surface area contributed by atoms with Gasteiger partial charge in [-0.2, -0.15) is 0 Å². The van der Waals surface area contributed by atoms with Crippen LogP contribution >= 0.6 is 15.9 Å². The van der Waals surface area contributed by atoms with Crippen LogP contribution in [0.25, 0.3) is 0 Å². The number of carbonyl (C=O) groups excluding carboxylic acids is 1. The number of nitrogens with one attached hydrogen (secondary N) is 1. The van der Waals surface area contributed by atoms with Gasteiger partial charge >= 0.3 is 0 Å². The molecule has 0 saturated heterocycles. The molecule has 0 aliphatic carbocycles. The molecule has 4 heteroatoms. The number of hydrogen-bond donors (Lipinski definition) is 2. The van der Waals surface area contributed by atoms with Crippen LogP contribution in [-0.2, 0) is 6.54 Å². The number of nitrogens with two attached hydrogens (primary N) is 1. The van der Waals surface area contributed by atoms with E-state index in [1.54, 1.807) is 12.1 Å². The minimum absolute atomic E-state index is 0.128. The average molecular weight is 305 g/mol. The van der Waals surface area contributed by atoms with E-state index in [9.17, 15) is 4.79 Å². The molecule has 0 fully saturated rings. The summed E-state index contributed by atoms with van der Waals surface area (Å²) in [7, 11) is 0.